The number of ether oxygens (including phenoxy) is 1. The van der Waals surface area contributed by atoms with Crippen LogP contribution in [0.2, 0.25) is 0 Å². The third-order valence-corrected chi connectivity index (χ3v) is 2.63. The molecular formula is C9H18Br2O. The van der Waals surface area contributed by atoms with E-state index in [2.05, 4.69) is 38.8 Å². The molecule has 74 valence electrons. The number of hydrogen-bond acceptors (Lipinski definition) is 1. The van der Waals surface area contributed by atoms with Crippen LogP contribution in [0.3, 0.4) is 0 Å². The highest BCUT2D eigenvalue weighted by atomic mass is 79.9. The summed E-state index contributed by atoms with van der Waals surface area (Å²) in [6, 6.07) is 0. The highest BCUT2D eigenvalue weighted by Gasteiger charge is 2.06. The van der Waals surface area contributed by atoms with E-state index in [1.165, 1.54) is 12.8 Å². The first-order valence-corrected chi connectivity index (χ1v) is 6.83. The monoisotopic (exact) mass is 300 g/mol. The molecule has 0 heterocycles. The minimum absolute atomic E-state index is 0.440. The van der Waals surface area contributed by atoms with Gasteiger partial charge in [-0.05, 0) is 19.3 Å². The van der Waals surface area contributed by atoms with Gasteiger partial charge in [-0.3, -0.25) is 0 Å². The molecule has 1 nitrogen and oxygen atoms in total. The highest BCUT2D eigenvalue weighted by Crippen LogP contribution is 2.08. The summed E-state index contributed by atoms with van der Waals surface area (Å²) >= 11 is 6.87. The molecule has 0 aromatic heterocycles. The first-order valence-electron chi connectivity index (χ1n) is 4.58. The molecule has 0 spiro atoms. The molecule has 0 aromatic rings. The third kappa shape index (κ3) is 7.56. The number of alkyl halides is 2. The summed E-state index contributed by atoms with van der Waals surface area (Å²) in [5.41, 5.74) is 0. The number of hydrogen-bond donors (Lipinski definition) is 0. The summed E-state index contributed by atoms with van der Waals surface area (Å²) in [4.78, 5) is 0. The van der Waals surface area contributed by atoms with Crippen LogP contribution in [0.4, 0.5) is 0 Å². The minimum Gasteiger partial charge on any atom is -0.378 e. The molecule has 0 amide bonds. The SMILES string of the molecule is CCCCOC(CCBr)CCBr. The van der Waals surface area contributed by atoms with Crippen molar-refractivity contribution in [1.82, 2.24) is 0 Å². The van der Waals surface area contributed by atoms with E-state index in [9.17, 15) is 0 Å². The fourth-order valence-corrected chi connectivity index (χ4v) is 1.97. The Labute approximate surface area is 92.5 Å². The Morgan fingerprint density at radius 2 is 1.75 bits per heavy atom. The van der Waals surface area contributed by atoms with Crippen LogP contribution >= 0.6 is 31.9 Å². The van der Waals surface area contributed by atoms with Crippen LogP contribution < -0.4 is 0 Å². The van der Waals surface area contributed by atoms with E-state index < -0.39 is 0 Å². The molecule has 0 atom stereocenters. The van der Waals surface area contributed by atoms with Gasteiger partial charge in [0.25, 0.3) is 0 Å². The second-order valence-electron chi connectivity index (χ2n) is 2.80. The van der Waals surface area contributed by atoms with Gasteiger partial charge in [0.1, 0.15) is 0 Å². The largest absolute Gasteiger partial charge is 0.378 e. The van der Waals surface area contributed by atoms with Crippen LogP contribution in [0, 0.1) is 0 Å². The quantitative estimate of drug-likeness (QED) is 0.490. The number of halogens is 2. The van der Waals surface area contributed by atoms with Gasteiger partial charge in [-0.15, -0.1) is 0 Å². The fraction of sp³-hybridized carbons (Fsp3) is 1.00. The number of rotatable bonds is 8. The smallest absolute Gasteiger partial charge is 0.0591 e. The van der Waals surface area contributed by atoms with Crippen LogP contribution in [0.15, 0.2) is 0 Å². The Morgan fingerprint density at radius 3 is 2.17 bits per heavy atom. The van der Waals surface area contributed by atoms with Crippen LogP contribution in [0.1, 0.15) is 32.6 Å². The first-order chi connectivity index (χ1) is 5.85. The molecule has 0 aliphatic carbocycles. The predicted molar refractivity (Wildman–Crippen MR) is 61.5 cm³/mol. The van der Waals surface area contributed by atoms with Crippen molar-refractivity contribution in [1.29, 1.82) is 0 Å². The van der Waals surface area contributed by atoms with E-state index in [1.54, 1.807) is 0 Å². The molecule has 0 rings (SSSR count). The molecule has 0 bridgehead atoms. The van der Waals surface area contributed by atoms with Crippen molar-refractivity contribution in [3.8, 4) is 0 Å². The Kier molecular flexibility index (Phi) is 10.8. The summed E-state index contributed by atoms with van der Waals surface area (Å²) in [5.74, 6) is 0. The molecule has 0 fully saturated rings. The van der Waals surface area contributed by atoms with Crippen molar-refractivity contribution in [3.63, 3.8) is 0 Å². The van der Waals surface area contributed by atoms with E-state index in [0.717, 1.165) is 30.1 Å². The fourth-order valence-electron chi connectivity index (χ4n) is 0.949. The lowest BCUT2D eigenvalue weighted by Gasteiger charge is -2.15. The second kappa shape index (κ2) is 10.0. The maximum atomic E-state index is 5.70. The minimum atomic E-state index is 0.440. The second-order valence-corrected chi connectivity index (χ2v) is 4.39. The van der Waals surface area contributed by atoms with E-state index in [1.807, 2.05) is 0 Å². The van der Waals surface area contributed by atoms with Gasteiger partial charge in [-0.1, -0.05) is 45.2 Å². The van der Waals surface area contributed by atoms with Gasteiger partial charge in [0, 0.05) is 17.3 Å². The summed E-state index contributed by atoms with van der Waals surface area (Å²) in [6.07, 6.45) is 5.08. The molecule has 3 heteroatoms. The summed E-state index contributed by atoms with van der Waals surface area (Å²) in [6.45, 7) is 3.11. The standard InChI is InChI=1S/C9H18Br2O/c1-2-3-8-12-9(4-6-10)5-7-11/h9H,2-8H2,1H3. The van der Waals surface area contributed by atoms with Gasteiger partial charge in [0.2, 0.25) is 0 Å². The Hall–Kier alpha value is 0.920. The van der Waals surface area contributed by atoms with Gasteiger partial charge in [-0.2, -0.15) is 0 Å². The van der Waals surface area contributed by atoms with Gasteiger partial charge >= 0.3 is 0 Å². The zero-order chi connectivity index (χ0) is 9.23. The molecule has 0 saturated carbocycles. The van der Waals surface area contributed by atoms with Crippen molar-refractivity contribution < 1.29 is 4.74 Å². The van der Waals surface area contributed by atoms with Crippen LogP contribution in [0.25, 0.3) is 0 Å². The lowest BCUT2D eigenvalue weighted by atomic mass is 10.2. The maximum absolute atomic E-state index is 5.70. The van der Waals surface area contributed by atoms with Crippen molar-refractivity contribution in [2.75, 3.05) is 17.3 Å². The molecule has 0 N–H and O–H groups in total. The van der Waals surface area contributed by atoms with Crippen molar-refractivity contribution in [2.45, 2.75) is 38.7 Å². The van der Waals surface area contributed by atoms with Crippen molar-refractivity contribution >= 4 is 31.9 Å². The van der Waals surface area contributed by atoms with Gasteiger partial charge < -0.3 is 4.74 Å². The van der Waals surface area contributed by atoms with E-state index in [-0.39, 0.29) is 0 Å². The Balaban J connectivity index is 3.34. The average Bonchev–Trinajstić information content (AvgIpc) is 2.06. The molecule has 0 aliphatic heterocycles. The number of unbranched alkanes of at least 4 members (excludes halogenated alkanes) is 1. The van der Waals surface area contributed by atoms with Crippen LogP contribution in [-0.2, 0) is 4.74 Å². The highest BCUT2D eigenvalue weighted by molar-refractivity contribution is 9.09. The van der Waals surface area contributed by atoms with E-state index in [4.69, 9.17) is 4.74 Å². The van der Waals surface area contributed by atoms with Gasteiger partial charge in [0.15, 0.2) is 0 Å². The summed E-state index contributed by atoms with van der Waals surface area (Å²) in [5, 5.41) is 2.08. The molecule has 0 radical (unpaired) electrons. The molecule has 0 unspecified atom stereocenters. The van der Waals surface area contributed by atoms with Crippen molar-refractivity contribution in [2.24, 2.45) is 0 Å². The lowest BCUT2D eigenvalue weighted by Crippen LogP contribution is -2.14. The maximum Gasteiger partial charge on any atom is 0.0591 e. The molecule has 0 aliphatic rings. The molecule has 0 saturated heterocycles. The predicted octanol–water partition coefficient (Wildman–Crippen LogP) is 3.74. The summed E-state index contributed by atoms with van der Waals surface area (Å²) in [7, 11) is 0. The topological polar surface area (TPSA) is 9.23 Å². The van der Waals surface area contributed by atoms with Crippen LogP contribution in [0.5, 0.6) is 0 Å². The third-order valence-electron chi connectivity index (χ3n) is 1.71. The molecule has 0 aromatic carbocycles. The van der Waals surface area contributed by atoms with E-state index >= 15 is 0 Å². The Morgan fingerprint density at radius 1 is 1.17 bits per heavy atom. The average molecular weight is 302 g/mol. The van der Waals surface area contributed by atoms with Gasteiger partial charge in [0.05, 0.1) is 6.10 Å². The van der Waals surface area contributed by atoms with Crippen molar-refractivity contribution in [3.05, 3.63) is 0 Å². The zero-order valence-electron chi connectivity index (χ0n) is 7.69. The molecular weight excluding hydrogens is 284 g/mol. The Bertz CT molecular complexity index is 82.6. The zero-order valence-corrected chi connectivity index (χ0v) is 10.9. The van der Waals surface area contributed by atoms with E-state index in [0.29, 0.717) is 6.10 Å². The van der Waals surface area contributed by atoms with Crippen LogP contribution in [-0.4, -0.2) is 23.4 Å². The first kappa shape index (κ1) is 12.9. The lowest BCUT2D eigenvalue weighted by molar-refractivity contribution is 0.0484. The summed E-state index contributed by atoms with van der Waals surface area (Å²) < 4.78 is 5.70. The normalized spacial score (nSPS) is 11.0. The molecule has 12 heavy (non-hydrogen) atoms. The van der Waals surface area contributed by atoms with Gasteiger partial charge in [-0.25, -0.2) is 0 Å².